The molecular weight excluding hydrogens is 304 g/mol. The molecule has 2 nitrogen and oxygen atoms in total. The zero-order valence-corrected chi connectivity index (χ0v) is 13.5. The van der Waals surface area contributed by atoms with Gasteiger partial charge >= 0.3 is 0 Å². The van der Waals surface area contributed by atoms with Crippen molar-refractivity contribution in [2.45, 2.75) is 9.79 Å². The molecule has 3 aromatic carbocycles. The molecule has 0 aliphatic carbocycles. The average molecular weight is 322 g/mol. The monoisotopic (exact) mass is 322 g/mol. The van der Waals surface area contributed by atoms with Crippen molar-refractivity contribution < 1.29 is 8.42 Å². The van der Waals surface area contributed by atoms with E-state index in [1.165, 1.54) is 5.56 Å². The predicted molar refractivity (Wildman–Crippen MR) is 94.9 cm³/mol. The van der Waals surface area contributed by atoms with E-state index in [0.717, 1.165) is 0 Å². The van der Waals surface area contributed by atoms with Gasteiger partial charge in [0.05, 0.1) is 9.79 Å². The highest BCUT2D eigenvalue weighted by Crippen LogP contribution is 2.19. The van der Waals surface area contributed by atoms with Gasteiger partial charge in [0.15, 0.2) is 0 Å². The van der Waals surface area contributed by atoms with Crippen molar-refractivity contribution in [2.24, 2.45) is 0 Å². The van der Waals surface area contributed by atoms with E-state index >= 15 is 0 Å². The van der Waals surface area contributed by atoms with Gasteiger partial charge in [-0.25, -0.2) is 8.42 Å². The molecule has 0 aromatic heterocycles. The van der Waals surface area contributed by atoms with Crippen molar-refractivity contribution in [1.29, 1.82) is 0 Å². The minimum Gasteiger partial charge on any atom is -0.219 e. The van der Waals surface area contributed by atoms with E-state index in [1.807, 2.05) is 36.4 Å². The lowest BCUT2D eigenvalue weighted by Crippen LogP contribution is -2.00. The second kappa shape index (κ2) is 8.11. The van der Waals surface area contributed by atoms with E-state index in [-0.39, 0.29) is 0 Å². The lowest BCUT2D eigenvalue weighted by molar-refractivity contribution is 0.596. The minimum absolute atomic E-state index is 0.330. The first-order valence-electron chi connectivity index (χ1n) is 7.17. The van der Waals surface area contributed by atoms with Crippen LogP contribution in [0, 0.1) is 0 Å². The highest BCUT2D eigenvalue weighted by molar-refractivity contribution is 7.91. The molecule has 0 fully saturated rings. The maximum Gasteiger partial charge on any atom is 0.206 e. The van der Waals surface area contributed by atoms with Gasteiger partial charge in [-0.2, -0.15) is 0 Å². The molecule has 0 saturated heterocycles. The summed E-state index contributed by atoms with van der Waals surface area (Å²) >= 11 is 0. The van der Waals surface area contributed by atoms with Gasteiger partial charge < -0.3 is 0 Å². The lowest BCUT2D eigenvalue weighted by atomic mass is 10.2. The number of rotatable bonds is 3. The fourth-order valence-electron chi connectivity index (χ4n) is 1.92. The Hall–Kier alpha value is -2.65. The summed E-state index contributed by atoms with van der Waals surface area (Å²) in [7, 11) is -3.34. The van der Waals surface area contributed by atoms with Crippen LogP contribution in [-0.2, 0) is 9.84 Å². The van der Waals surface area contributed by atoms with Gasteiger partial charge in [-0.15, -0.1) is 0 Å². The highest BCUT2D eigenvalue weighted by atomic mass is 32.2. The Kier molecular flexibility index (Phi) is 5.89. The van der Waals surface area contributed by atoms with E-state index in [2.05, 4.69) is 6.58 Å². The molecule has 3 aromatic rings. The Balaban J connectivity index is 0.000000203. The Morgan fingerprint density at radius 1 is 0.609 bits per heavy atom. The van der Waals surface area contributed by atoms with Crippen molar-refractivity contribution in [2.75, 3.05) is 0 Å². The average Bonchev–Trinajstić information content (AvgIpc) is 2.64. The number of benzene rings is 3. The summed E-state index contributed by atoms with van der Waals surface area (Å²) in [5, 5.41) is 0. The molecule has 0 spiro atoms. The third-order valence-corrected chi connectivity index (χ3v) is 4.93. The fourth-order valence-corrected chi connectivity index (χ4v) is 3.23. The maximum absolute atomic E-state index is 12.0. The van der Waals surface area contributed by atoms with Crippen LogP contribution in [0.2, 0.25) is 0 Å². The predicted octanol–water partition coefficient (Wildman–Crippen LogP) is 4.85. The SMILES string of the molecule is C=Cc1ccccc1.O=S(=O)(c1ccccc1)c1ccccc1. The lowest BCUT2D eigenvalue weighted by Gasteiger charge is -2.03. The molecule has 0 aliphatic rings. The third kappa shape index (κ3) is 4.66. The molecule has 3 heteroatoms. The Morgan fingerprint density at radius 2 is 0.957 bits per heavy atom. The standard InChI is InChI=1S/C12H10O2S.C8H8/c13-15(14,11-7-3-1-4-8-11)12-9-5-2-6-10-12;1-2-8-6-4-3-5-7-8/h1-10H;2-7H,1H2. The zero-order valence-electron chi connectivity index (χ0n) is 12.7. The van der Waals surface area contributed by atoms with Gasteiger partial charge in [0.25, 0.3) is 0 Å². The molecule has 0 radical (unpaired) electrons. The smallest absolute Gasteiger partial charge is 0.206 e. The number of sulfone groups is 1. The van der Waals surface area contributed by atoms with Gasteiger partial charge in [0, 0.05) is 0 Å². The van der Waals surface area contributed by atoms with Crippen molar-refractivity contribution in [1.82, 2.24) is 0 Å². The highest BCUT2D eigenvalue weighted by Gasteiger charge is 2.15. The van der Waals surface area contributed by atoms with Crippen molar-refractivity contribution >= 4 is 15.9 Å². The summed E-state index contributed by atoms with van der Waals surface area (Å²) in [5.74, 6) is 0. The molecule has 0 atom stereocenters. The second-order valence-electron chi connectivity index (χ2n) is 4.74. The Bertz CT molecular complexity index is 779. The summed E-state index contributed by atoms with van der Waals surface area (Å²) in [6.45, 7) is 3.63. The normalized spacial score (nSPS) is 10.3. The molecule has 0 unspecified atom stereocenters. The first-order chi connectivity index (χ1) is 11.1. The van der Waals surface area contributed by atoms with Crippen LogP contribution in [0.25, 0.3) is 6.08 Å². The van der Waals surface area contributed by atoms with Gasteiger partial charge in [0.1, 0.15) is 0 Å². The van der Waals surface area contributed by atoms with Crippen LogP contribution < -0.4 is 0 Å². The van der Waals surface area contributed by atoms with Gasteiger partial charge in [-0.05, 0) is 29.8 Å². The Labute approximate surface area is 137 Å². The van der Waals surface area contributed by atoms with Gasteiger partial charge in [-0.1, -0.05) is 79.4 Å². The molecule has 0 bridgehead atoms. The third-order valence-electron chi connectivity index (χ3n) is 3.14. The van der Waals surface area contributed by atoms with Crippen LogP contribution in [0.1, 0.15) is 5.56 Å². The van der Waals surface area contributed by atoms with Crippen LogP contribution >= 0.6 is 0 Å². The Morgan fingerprint density at radius 3 is 1.26 bits per heavy atom. The molecule has 23 heavy (non-hydrogen) atoms. The molecule has 0 N–H and O–H groups in total. The molecule has 0 heterocycles. The van der Waals surface area contributed by atoms with E-state index in [9.17, 15) is 8.42 Å². The molecule has 3 rings (SSSR count). The first kappa shape index (κ1) is 16.7. The second-order valence-corrected chi connectivity index (χ2v) is 6.69. The molecule has 116 valence electrons. The van der Waals surface area contributed by atoms with Crippen LogP contribution in [0.15, 0.2) is 107 Å². The fraction of sp³-hybridized carbons (Fsp3) is 0. The summed E-state index contributed by atoms with van der Waals surface area (Å²) in [6, 6.07) is 26.9. The van der Waals surface area contributed by atoms with Crippen molar-refractivity contribution in [3.05, 3.63) is 103 Å². The topological polar surface area (TPSA) is 34.1 Å². The van der Waals surface area contributed by atoms with E-state index < -0.39 is 9.84 Å². The van der Waals surface area contributed by atoms with Crippen LogP contribution in [0.5, 0.6) is 0 Å². The van der Waals surface area contributed by atoms with E-state index in [4.69, 9.17) is 0 Å². The van der Waals surface area contributed by atoms with E-state index in [0.29, 0.717) is 9.79 Å². The quantitative estimate of drug-likeness (QED) is 0.691. The van der Waals surface area contributed by atoms with Crippen molar-refractivity contribution in [3.8, 4) is 0 Å². The van der Waals surface area contributed by atoms with E-state index in [1.54, 1.807) is 60.7 Å². The first-order valence-corrected chi connectivity index (χ1v) is 8.65. The van der Waals surface area contributed by atoms with Crippen molar-refractivity contribution in [3.63, 3.8) is 0 Å². The van der Waals surface area contributed by atoms with Crippen LogP contribution in [0.3, 0.4) is 0 Å². The summed E-state index contributed by atoms with van der Waals surface area (Å²) in [6.07, 6.45) is 1.83. The van der Waals surface area contributed by atoms with Crippen LogP contribution in [0.4, 0.5) is 0 Å². The molecular formula is C20H18O2S. The molecule has 0 saturated carbocycles. The van der Waals surface area contributed by atoms with Gasteiger partial charge in [-0.3, -0.25) is 0 Å². The summed E-state index contributed by atoms with van der Waals surface area (Å²) < 4.78 is 24.1. The molecule has 0 amide bonds. The number of hydrogen-bond acceptors (Lipinski definition) is 2. The van der Waals surface area contributed by atoms with Gasteiger partial charge in [0.2, 0.25) is 9.84 Å². The molecule has 0 aliphatic heterocycles. The maximum atomic E-state index is 12.0. The minimum atomic E-state index is -3.34. The summed E-state index contributed by atoms with van der Waals surface area (Å²) in [5.41, 5.74) is 1.17. The van der Waals surface area contributed by atoms with Crippen LogP contribution in [-0.4, -0.2) is 8.42 Å². The zero-order chi connectivity index (χ0) is 16.5. The summed E-state index contributed by atoms with van der Waals surface area (Å²) in [4.78, 5) is 0.660. The largest absolute Gasteiger partial charge is 0.219 e. The number of hydrogen-bond donors (Lipinski definition) is 0.